The van der Waals surface area contributed by atoms with Crippen molar-refractivity contribution in [3.63, 3.8) is 0 Å². The Balaban J connectivity index is 2.35. The highest BCUT2D eigenvalue weighted by Crippen LogP contribution is 2.21. The Morgan fingerprint density at radius 3 is 2.72 bits per heavy atom. The maximum Gasteiger partial charge on any atom is 0.262 e. The molecule has 2 aromatic rings. The van der Waals surface area contributed by atoms with E-state index in [-0.39, 0.29) is 23.3 Å². The van der Waals surface area contributed by atoms with E-state index in [1.165, 1.54) is 11.8 Å². The molecule has 1 heterocycles. The number of thioether (sulfide) groups is 1. The number of rotatable bonds is 7. The first-order valence-corrected chi connectivity index (χ1v) is 10.2. The first-order chi connectivity index (χ1) is 11.8. The van der Waals surface area contributed by atoms with Crippen LogP contribution < -0.4 is 10.9 Å². The number of aromatic nitrogens is 2. The fourth-order valence-corrected chi connectivity index (χ4v) is 3.54. The highest BCUT2D eigenvalue weighted by Gasteiger charge is 2.15. The number of nitrogens with one attached hydrogen (secondary N) is 1. The van der Waals surface area contributed by atoms with E-state index in [0.717, 1.165) is 10.9 Å². The number of hydrogen-bond donors (Lipinski definition) is 1. The van der Waals surface area contributed by atoms with Crippen LogP contribution in [-0.2, 0) is 11.3 Å². The molecular weight excluding hydrogens is 402 g/mol. The van der Waals surface area contributed by atoms with Crippen LogP contribution >= 0.6 is 27.7 Å². The van der Waals surface area contributed by atoms with Crippen molar-refractivity contribution in [3.05, 3.63) is 33.0 Å². The van der Waals surface area contributed by atoms with Gasteiger partial charge in [0, 0.05) is 17.1 Å². The van der Waals surface area contributed by atoms with Crippen molar-refractivity contribution < 1.29 is 4.79 Å². The number of nitrogens with zero attached hydrogens (tertiary/aromatic N) is 2. The van der Waals surface area contributed by atoms with Gasteiger partial charge in [0.1, 0.15) is 0 Å². The molecule has 1 atom stereocenters. The van der Waals surface area contributed by atoms with Crippen molar-refractivity contribution in [1.82, 2.24) is 14.9 Å². The molecule has 1 amide bonds. The topological polar surface area (TPSA) is 64.0 Å². The summed E-state index contributed by atoms with van der Waals surface area (Å²) in [6.07, 6.45) is 0.886. The maximum absolute atomic E-state index is 12.9. The predicted octanol–water partition coefficient (Wildman–Crippen LogP) is 3.82. The van der Waals surface area contributed by atoms with E-state index in [1.54, 1.807) is 10.6 Å². The SMILES string of the molecule is CCC(C)NC(=O)CSc1nc2ccc(Br)cc2c(=O)n1CC(C)C. The van der Waals surface area contributed by atoms with Crippen molar-refractivity contribution in [1.29, 1.82) is 0 Å². The zero-order valence-corrected chi connectivity index (χ0v) is 17.4. The quantitative estimate of drug-likeness (QED) is 0.540. The molecule has 0 aliphatic carbocycles. The molecule has 5 nitrogen and oxygen atoms in total. The maximum atomic E-state index is 12.9. The number of benzene rings is 1. The van der Waals surface area contributed by atoms with Gasteiger partial charge in [0.2, 0.25) is 5.91 Å². The molecule has 0 saturated carbocycles. The summed E-state index contributed by atoms with van der Waals surface area (Å²) in [4.78, 5) is 29.6. The largest absolute Gasteiger partial charge is 0.353 e. The van der Waals surface area contributed by atoms with Gasteiger partial charge >= 0.3 is 0 Å². The highest BCUT2D eigenvalue weighted by atomic mass is 79.9. The van der Waals surface area contributed by atoms with Crippen LogP contribution in [0.1, 0.15) is 34.1 Å². The summed E-state index contributed by atoms with van der Waals surface area (Å²) in [7, 11) is 0. The molecule has 0 bridgehead atoms. The first-order valence-electron chi connectivity index (χ1n) is 8.44. The van der Waals surface area contributed by atoms with Gasteiger partial charge in [0.15, 0.2) is 5.16 Å². The lowest BCUT2D eigenvalue weighted by Crippen LogP contribution is -2.33. The second kappa shape index (κ2) is 8.85. The Hall–Kier alpha value is -1.34. The molecule has 25 heavy (non-hydrogen) atoms. The van der Waals surface area contributed by atoms with Gasteiger partial charge < -0.3 is 5.32 Å². The van der Waals surface area contributed by atoms with E-state index in [0.29, 0.717) is 28.5 Å². The summed E-state index contributed by atoms with van der Waals surface area (Å²) in [5.41, 5.74) is 0.586. The lowest BCUT2D eigenvalue weighted by atomic mass is 10.2. The van der Waals surface area contributed by atoms with E-state index in [9.17, 15) is 9.59 Å². The van der Waals surface area contributed by atoms with Crippen LogP contribution in [-0.4, -0.2) is 27.3 Å². The van der Waals surface area contributed by atoms with Crippen LogP contribution in [0.3, 0.4) is 0 Å². The molecule has 136 valence electrons. The van der Waals surface area contributed by atoms with Crippen molar-refractivity contribution in [3.8, 4) is 0 Å². The van der Waals surface area contributed by atoms with E-state index in [2.05, 4.69) is 40.1 Å². The zero-order chi connectivity index (χ0) is 18.6. The molecule has 7 heteroatoms. The third-order valence-electron chi connectivity index (χ3n) is 3.78. The fourth-order valence-electron chi connectivity index (χ4n) is 2.36. The second-order valence-electron chi connectivity index (χ2n) is 6.53. The van der Waals surface area contributed by atoms with Gasteiger partial charge in [-0.3, -0.25) is 14.2 Å². The Morgan fingerprint density at radius 1 is 1.36 bits per heavy atom. The number of fused-ring (bicyclic) bond motifs is 1. The minimum absolute atomic E-state index is 0.0411. The van der Waals surface area contributed by atoms with E-state index < -0.39 is 0 Å². The third-order valence-corrected chi connectivity index (χ3v) is 5.25. The lowest BCUT2D eigenvalue weighted by Gasteiger charge is -2.15. The predicted molar refractivity (Wildman–Crippen MR) is 107 cm³/mol. The summed E-state index contributed by atoms with van der Waals surface area (Å²) in [6, 6.07) is 5.63. The molecular formula is C18H24BrN3O2S. The summed E-state index contributed by atoms with van der Waals surface area (Å²) < 4.78 is 2.53. The van der Waals surface area contributed by atoms with Gasteiger partial charge in [0.25, 0.3) is 5.56 Å². The fraction of sp³-hybridized carbons (Fsp3) is 0.500. The second-order valence-corrected chi connectivity index (χ2v) is 8.39. The number of halogens is 1. The monoisotopic (exact) mass is 425 g/mol. The van der Waals surface area contributed by atoms with Gasteiger partial charge in [0.05, 0.1) is 16.7 Å². The van der Waals surface area contributed by atoms with Crippen LogP contribution in [0.2, 0.25) is 0 Å². The van der Waals surface area contributed by atoms with Crippen molar-refractivity contribution in [2.24, 2.45) is 5.92 Å². The average Bonchev–Trinajstić information content (AvgIpc) is 2.56. The average molecular weight is 426 g/mol. The molecule has 0 spiro atoms. The molecule has 0 fully saturated rings. The standard InChI is InChI=1S/C18H24BrN3O2S/c1-5-12(4)20-16(23)10-25-18-21-15-7-6-13(19)8-14(15)17(24)22(18)9-11(2)3/h6-8,11-12H,5,9-10H2,1-4H3,(H,20,23). The van der Waals surface area contributed by atoms with E-state index in [4.69, 9.17) is 0 Å². The van der Waals surface area contributed by atoms with Gasteiger partial charge in [-0.1, -0.05) is 48.5 Å². The summed E-state index contributed by atoms with van der Waals surface area (Å²) >= 11 is 4.72. The highest BCUT2D eigenvalue weighted by molar-refractivity contribution is 9.10. The lowest BCUT2D eigenvalue weighted by molar-refractivity contribution is -0.119. The normalized spacial score (nSPS) is 12.6. The summed E-state index contributed by atoms with van der Waals surface area (Å²) in [5.74, 6) is 0.509. The smallest absolute Gasteiger partial charge is 0.262 e. The summed E-state index contributed by atoms with van der Waals surface area (Å²) in [5, 5.41) is 4.12. The number of hydrogen-bond acceptors (Lipinski definition) is 4. The molecule has 2 rings (SSSR count). The first kappa shape index (κ1) is 20.0. The Kier molecular flexibility index (Phi) is 7.07. The van der Waals surface area contributed by atoms with Crippen LogP contribution in [0.25, 0.3) is 10.9 Å². The van der Waals surface area contributed by atoms with Gasteiger partial charge in [-0.05, 0) is 37.5 Å². The molecule has 0 aliphatic rings. The van der Waals surface area contributed by atoms with Gasteiger partial charge in [-0.15, -0.1) is 0 Å². The van der Waals surface area contributed by atoms with Crippen molar-refractivity contribution >= 4 is 44.5 Å². The third kappa shape index (κ3) is 5.31. The zero-order valence-electron chi connectivity index (χ0n) is 15.0. The minimum Gasteiger partial charge on any atom is -0.353 e. The molecule has 0 saturated heterocycles. The van der Waals surface area contributed by atoms with Crippen molar-refractivity contribution in [2.75, 3.05) is 5.75 Å². The molecule has 1 aromatic heterocycles. The Labute approximate surface area is 160 Å². The van der Waals surface area contributed by atoms with Crippen LogP contribution in [0.15, 0.2) is 32.6 Å². The minimum atomic E-state index is -0.0650. The van der Waals surface area contributed by atoms with Crippen molar-refractivity contribution in [2.45, 2.75) is 51.9 Å². The molecule has 0 aliphatic heterocycles. The molecule has 1 unspecified atom stereocenters. The number of carbonyl (C=O) groups is 1. The Bertz CT molecular complexity index is 820. The van der Waals surface area contributed by atoms with Crippen LogP contribution in [0, 0.1) is 5.92 Å². The molecule has 0 radical (unpaired) electrons. The van der Waals surface area contributed by atoms with Gasteiger partial charge in [-0.2, -0.15) is 0 Å². The number of carbonyl (C=O) groups excluding carboxylic acids is 1. The van der Waals surface area contributed by atoms with Gasteiger partial charge in [-0.25, -0.2) is 4.98 Å². The van der Waals surface area contributed by atoms with Crippen LogP contribution in [0.5, 0.6) is 0 Å². The number of amides is 1. The Morgan fingerprint density at radius 2 is 2.08 bits per heavy atom. The summed E-state index contributed by atoms with van der Waals surface area (Å²) in [6.45, 7) is 8.69. The van der Waals surface area contributed by atoms with E-state index >= 15 is 0 Å². The molecule has 1 N–H and O–H groups in total. The molecule has 1 aromatic carbocycles. The van der Waals surface area contributed by atoms with E-state index in [1.807, 2.05) is 26.0 Å². The van der Waals surface area contributed by atoms with Crippen LogP contribution in [0.4, 0.5) is 0 Å².